The molecule has 0 bridgehead atoms. The predicted octanol–water partition coefficient (Wildman–Crippen LogP) is 4.29. The molecule has 0 amide bonds. The van der Waals surface area contributed by atoms with Crippen LogP contribution in [-0.4, -0.2) is 26.6 Å². The van der Waals surface area contributed by atoms with Crippen LogP contribution in [0.4, 0.5) is 17.3 Å². The van der Waals surface area contributed by atoms with Crippen LogP contribution in [0.15, 0.2) is 58.8 Å². The van der Waals surface area contributed by atoms with E-state index in [1.54, 1.807) is 0 Å². The normalized spacial score (nSPS) is 11.1. The molecule has 0 aliphatic carbocycles. The molecule has 0 aliphatic rings. The number of nitrogens with two attached hydrogens (primary N) is 1. The number of non-ortho nitro benzene ring substituents is 1. The number of aromatic amines is 1. The van der Waals surface area contributed by atoms with Gasteiger partial charge < -0.3 is 10.7 Å². The number of ketones is 1. The Morgan fingerprint density at radius 2 is 1.96 bits per heavy atom. The van der Waals surface area contributed by atoms with Crippen LogP contribution in [0.5, 0.6) is 0 Å². The van der Waals surface area contributed by atoms with Gasteiger partial charge in [0.1, 0.15) is 5.82 Å². The summed E-state index contributed by atoms with van der Waals surface area (Å²) in [5.41, 5.74) is 5.93. The van der Waals surface area contributed by atoms with Crippen molar-refractivity contribution >= 4 is 50.8 Å². The van der Waals surface area contributed by atoms with Gasteiger partial charge in [0.05, 0.1) is 10.7 Å². The molecule has 3 rings (SSSR count). The summed E-state index contributed by atoms with van der Waals surface area (Å²) in [6, 6.07) is 12.8. The minimum Gasteiger partial charge on any atom is -0.385 e. The van der Waals surface area contributed by atoms with Gasteiger partial charge in [0.25, 0.3) is 5.69 Å². The molecule has 3 aromatic rings. The van der Waals surface area contributed by atoms with Crippen molar-refractivity contribution in [2.24, 2.45) is 10.2 Å². The van der Waals surface area contributed by atoms with E-state index in [1.807, 2.05) is 24.3 Å². The third-order valence-electron chi connectivity index (χ3n) is 3.69. The predicted molar refractivity (Wildman–Crippen MR) is 105 cm³/mol. The van der Waals surface area contributed by atoms with Crippen LogP contribution in [-0.2, 0) is 0 Å². The fraction of sp³-hybridized carbons (Fsp3) is 0.0588. The summed E-state index contributed by atoms with van der Waals surface area (Å²) in [6.45, 7) is 0. The molecular weight excluding hydrogens is 368 g/mol. The fourth-order valence-electron chi connectivity index (χ4n) is 2.40. The van der Waals surface area contributed by atoms with Crippen LogP contribution < -0.4 is 5.73 Å². The summed E-state index contributed by atoms with van der Waals surface area (Å²) in [6.07, 6.45) is 0. The Balaban J connectivity index is 1.64. The van der Waals surface area contributed by atoms with Gasteiger partial charge in [-0.25, -0.2) is 0 Å². The van der Waals surface area contributed by atoms with E-state index in [2.05, 4.69) is 15.2 Å². The van der Waals surface area contributed by atoms with E-state index in [-0.39, 0.29) is 28.0 Å². The lowest BCUT2D eigenvalue weighted by Gasteiger charge is -2.00. The zero-order chi connectivity index (χ0) is 19.4. The van der Waals surface area contributed by atoms with Crippen LogP contribution in [0.25, 0.3) is 10.8 Å². The molecule has 0 fully saturated rings. The molecule has 1 aromatic heterocycles. The number of nitrogens with zero attached hydrogens (tertiary/aromatic N) is 3. The van der Waals surface area contributed by atoms with Crippen LogP contribution in [0.1, 0.15) is 10.4 Å². The summed E-state index contributed by atoms with van der Waals surface area (Å²) in [7, 11) is 0. The van der Waals surface area contributed by atoms with Gasteiger partial charge in [0, 0.05) is 28.5 Å². The first-order valence-electron chi connectivity index (χ1n) is 7.72. The van der Waals surface area contributed by atoms with Gasteiger partial charge in [-0.15, -0.1) is 10.2 Å². The number of nitrogen functional groups attached to an aromatic ring is 1. The molecule has 2 aromatic carbocycles. The van der Waals surface area contributed by atoms with E-state index in [0.717, 1.165) is 22.5 Å². The van der Waals surface area contributed by atoms with Crippen molar-refractivity contribution in [2.45, 2.75) is 0 Å². The molecule has 0 unspecified atom stereocenters. The highest BCUT2D eigenvalue weighted by Crippen LogP contribution is 2.30. The van der Waals surface area contributed by atoms with Gasteiger partial charge in [-0.3, -0.25) is 20.3 Å². The molecule has 0 radical (unpaired) electrons. The standard InChI is InChI=1S/C17H14N6O3S/c18-15-12-6-1-2-7-13(12)16(20-15)21-22-17(19)27-9-14(24)10-4-3-5-11(8-10)23(25)26/h1-8,19-20H,9,18H2/b19-17?,22-21+. The molecule has 0 aliphatic heterocycles. The molecule has 0 saturated carbocycles. The molecule has 0 saturated heterocycles. The van der Waals surface area contributed by atoms with Gasteiger partial charge in [-0.05, 0) is 0 Å². The Labute approximate surface area is 157 Å². The second kappa shape index (κ2) is 7.79. The highest BCUT2D eigenvalue weighted by atomic mass is 32.2. The average molecular weight is 382 g/mol. The zero-order valence-electron chi connectivity index (χ0n) is 13.9. The number of nitro groups is 1. The van der Waals surface area contributed by atoms with Crippen molar-refractivity contribution in [1.29, 1.82) is 5.41 Å². The number of carbonyl (C=O) groups excluding carboxylic acids is 1. The maximum atomic E-state index is 12.1. The lowest BCUT2D eigenvalue weighted by molar-refractivity contribution is -0.384. The minimum atomic E-state index is -0.563. The maximum Gasteiger partial charge on any atom is 0.270 e. The first-order chi connectivity index (χ1) is 13.0. The highest BCUT2D eigenvalue weighted by Gasteiger charge is 2.13. The number of H-pyrrole nitrogens is 1. The van der Waals surface area contributed by atoms with Crippen molar-refractivity contribution in [3.05, 3.63) is 64.2 Å². The van der Waals surface area contributed by atoms with Gasteiger partial charge >= 0.3 is 0 Å². The number of Topliss-reactive ketones (excluding diaryl/α,β-unsaturated/α-hetero) is 1. The fourth-order valence-corrected chi connectivity index (χ4v) is 2.93. The Kier molecular flexibility index (Phi) is 5.27. The van der Waals surface area contributed by atoms with Crippen LogP contribution >= 0.6 is 11.8 Å². The van der Waals surface area contributed by atoms with E-state index < -0.39 is 4.92 Å². The number of anilines is 1. The van der Waals surface area contributed by atoms with E-state index in [9.17, 15) is 14.9 Å². The minimum absolute atomic E-state index is 0.0768. The number of carbonyl (C=O) groups is 1. The van der Waals surface area contributed by atoms with Gasteiger partial charge in [0.2, 0.25) is 5.17 Å². The summed E-state index contributed by atoms with van der Waals surface area (Å²) in [5.74, 6) is 0.475. The smallest absolute Gasteiger partial charge is 0.270 e. The molecular formula is C17H14N6O3S. The Morgan fingerprint density at radius 1 is 1.22 bits per heavy atom. The number of azo groups is 1. The van der Waals surface area contributed by atoms with Crippen molar-refractivity contribution in [3.8, 4) is 0 Å². The quantitative estimate of drug-likeness (QED) is 0.150. The van der Waals surface area contributed by atoms with E-state index in [0.29, 0.717) is 11.6 Å². The number of hydrogen-bond acceptors (Lipinski definition) is 7. The van der Waals surface area contributed by atoms with E-state index in [1.165, 1.54) is 24.3 Å². The van der Waals surface area contributed by atoms with Crippen molar-refractivity contribution in [2.75, 3.05) is 11.5 Å². The number of thioether (sulfide) groups is 1. The molecule has 10 heteroatoms. The molecule has 0 spiro atoms. The van der Waals surface area contributed by atoms with Crippen LogP contribution in [0, 0.1) is 15.5 Å². The Morgan fingerprint density at radius 3 is 2.70 bits per heavy atom. The molecule has 27 heavy (non-hydrogen) atoms. The van der Waals surface area contributed by atoms with Crippen molar-refractivity contribution < 1.29 is 9.72 Å². The molecule has 1 heterocycles. The monoisotopic (exact) mass is 382 g/mol. The average Bonchev–Trinajstić information content (AvgIpc) is 3.00. The molecule has 9 nitrogen and oxygen atoms in total. The second-order valence-electron chi connectivity index (χ2n) is 5.46. The topological polar surface area (TPSA) is 151 Å². The number of nitro benzene ring substituents is 1. The number of rotatable bonds is 5. The van der Waals surface area contributed by atoms with Gasteiger partial charge in [-0.1, -0.05) is 48.2 Å². The first-order valence-corrected chi connectivity index (χ1v) is 8.71. The van der Waals surface area contributed by atoms with E-state index >= 15 is 0 Å². The SMILES string of the molecule is N=C(/N=N/c1[nH]c(N)c2ccccc12)SCC(=O)c1cccc([N+](=O)[O-])c1. The van der Waals surface area contributed by atoms with Gasteiger partial charge in [-0.2, -0.15) is 0 Å². The largest absolute Gasteiger partial charge is 0.385 e. The third-order valence-corrected chi connectivity index (χ3v) is 4.45. The van der Waals surface area contributed by atoms with E-state index in [4.69, 9.17) is 11.1 Å². The number of nitrogens with one attached hydrogen (secondary N) is 2. The number of benzene rings is 2. The number of aromatic nitrogens is 1. The van der Waals surface area contributed by atoms with Crippen LogP contribution in [0.2, 0.25) is 0 Å². The second-order valence-corrected chi connectivity index (χ2v) is 6.42. The number of hydrogen-bond donors (Lipinski definition) is 3. The number of fused-ring (bicyclic) bond motifs is 1. The maximum absolute atomic E-state index is 12.1. The zero-order valence-corrected chi connectivity index (χ0v) is 14.7. The Bertz CT molecular complexity index is 1080. The lowest BCUT2D eigenvalue weighted by atomic mass is 10.1. The Hall–Kier alpha value is -3.53. The lowest BCUT2D eigenvalue weighted by Crippen LogP contribution is -2.04. The molecule has 0 atom stereocenters. The molecule has 136 valence electrons. The molecule has 4 N–H and O–H groups in total. The van der Waals surface area contributed by atoms with Gasteiger partial charge in [0.15, 0.2) is 11.6 Å². The van der Waals surface area contributed by atoms with Crippen molar-refractivity contribution in [1.82, 2.24) is 4.98 Å². The van der Waals surface area contributed by atoms with Crippen molar-refractivity contribution in [3.63, 3.8) is 0 Å². The first kappa shape index (κ1) is 18.3. The summed E-state index contributed by atoms with van der Waals surface area (Å²) < 4.78 is 0. The summed E-state index contributed by atoms with van der Waals surface area (Å²) in [4.78, 5) is 25.2. The number of amidine groups is 1. The van der Waals surface area contributed by atoms with Crippen LogP contribution in [0.3, 0.4) is 0 Å². The summed E-state index contributed by atoms with van der Waals surface area (Å²) in [5, 5.41) is 27.8. The third kappa shape index (κ3) is 4.18. The highest BCUT2D eigenvalue weighted by molar-refractivity contribution is 8.14. The summed E-state index contributed by atoms with van der Waals surface area (Å²) >= 11 is 0.883.